The fourth-order valence-corrected chi connectivity index (χ4v) is 7.77. The predicted octanol–water partition coefficient (Wildman–Crippen LogP) is 2.88. The van der Waals surface area contributed by atoms with Crippen LogP contribution in [-0.2, 0) is 9.59 Å². The Hall–Kier alpha value is -1.36. The number of amides is 2. The Kier molecular flexibility index (Phi) is 4.44. The predicted molar refractivity (Wildman–Crippen MR) is 111 cm³/mol. The Balaban J connectivity index is 1.45. The van der Waals surface area contributed by atoms with Gasteiger partial charge >= 0.3 is 0 Å². The van der Waals surface area contributed by atoms with Crippen molar-refractivity contribution in [2.24, 2.45) is 34.5 Å². The first-order valence-corrected chi connectivity index (χ1v) is 11.7. The number of carbonyl (C=O) groups excluding carboxylic acids is 2. The van der Waals surface area contributed by atoms with Crippen LogP contribution in [0.5, 0.6) is 0 Å². The molecule has 5 nitrogen and oxygen atoms in total. The van der Waals surface area contributed by atoms with Crippen LogP contribution in [0.1, 0.15) is 65.2 Å². The first kappa shape index (κ1) is 19.6. The zero-order valence-electron chi connectivity index (χ0n) is 18.1. The zero-order chi connectivity index (χ0) is 20.6. The zero-order valence-corrected chi connectivity index (χ0v) is 18.1. The topological polar surface area (TPSA) is 69.6 Å². The first-order chi connectivity index (χ1) is 13.7. The number of allylic oxidation sites excluding steroid dienone is 1. The van der Waals surface area contributed by atoms with Gasteiger partial charge in [0.25, 0.3) is 0 Å². The summed E-state index contributed by atoms with van der Waals surface area (Å²) in [6.07, 6.45) is 9.39. The monoisotopic (exact) mass is 400 g/mol. The smallest absolute Gasteiger partial charge is 0.246 e. The standard InChI is InChI=1S/C24H36N2O3/c1-23-10-11-26(3)20(28)12-14(23)4-7-16-17-8-9-18(22(29)25-15-5-6-15)24(17,2)13-19(27)21(16)23/h12,15-19,21,27H,4-11,13H2,1-3H3,(H,25,29)/t16?,17?,18-,19+,21?,23+,24+/m1/s1. The van der Waals surface area contributed by atoms with Gasteiger partial charge in [-0.15, -0.1) is 0 Å². The molecular weight excluding hydrogens is 364 g/mol. The number of nitrogens with zero attached hydrogens (tertiary/aromatic N) is 1. The Morgan fingerprint density at radius 1 is 1.21 bits per heavy atom. The van der Waals surface area contributed by atoms with Crippen molar-refractivity contribution in [2.75, 3.05) is 13.6 Å². The Bertz CT molecular complexity index is 759. The third-order valence-electron chi connectivity index (χ3n) is 9.55. The van der Waals surface area contributed by atoms with Crippen molar-refractivity contribution in [1.82, 2.24) is 10.2 Å². The molecule has 7 atom stereocenters. The molecule has 5 heteroatoms. The molecule has 0 aromatic rings. The van der Waals surface area contributed by atoms with Gasteiger partial charge in [-0.3, -0.25) is 9.59 Å². The lowest BCUT2D eigenvalue weighted by Crippen LogP contribution is -2.57. The second kappa shape index (κ2) is 6.57. The van der Waals surface area contributed by atoms with Gasteiger partial charge in [-0.05, 0) is 80.0 Å². The van der Waals surface area contributed by atoms with Gasteiger partial charge in [0.05, 0.1) is 6.10 Å². The molecule has 0 saturated heterocycles. The molecule has 2 amide bonds. The fraction of sp³-hybridized carbons (Fsp3) is 0.833. The van der Waals surface area contributed by atoms with Crippen LogP contribution < -0.4 is 5.32 Å². The van der Waals surface area contributed by atoms with Crippen molar-refractivity contribution >= 4 is 11.8 Å². The molecule has 0 bridgehead atoms. The normalized spacial score (nSPS) is 46.9. The van der Waals surface area contributed by atoms with Crippen LogP contribution in [0.3, 0.4) is 0 Å². The van der Waals surface area contributed by atoms with E-state index in [1.807, 2.05) is 18.0 Å². The van der Waals surface area contributed by atoms with Crippen LogP contribution in [-0.4, -0.2) is 47.6 Å². The Morgan fingerprint density at radius 3 is 2.69 bits per heavy atom. The van der Waals surface area contributed by atoms with Crippen molar-refractivity contribution in [2.45, 2.75) is 77.4 Å². The molecule has 2 N–H and O–H groups in total. The van der Waals surface area contributed by atoms with Crippen LogP contribution in [0.15, 0.2) is 11.6 Å². The molecule has 1 aliphatic heterocycles. The number of aliphatic hydroxyl groups excluding tert-OH is 1. The number of likely N-dealkylation sites (N-methyl/N-ethyl adjacent to an activating group) is 1. The molecule has 0 aromatic carbocycles. The van der Waals surface area contributed by atoms with Gasteiger partial charge in [0.1, 0.15) is 0 Å². The molecule has 0 spiro atoms. The van der Waals surface area contributed by atoms with Gasteiger partial charge in [-0.2, -0.15) is 0 Å². The van der Waals surface area contributed by atoms with Gasteiger partial charge in [0.2, 0.25) is 11.8 Å². The van der Waals surface area contributed by atoms with Gasteiger partial charge in [-0.1, -0.05) is 19.4 Å². The highest BCUT2D eigenvalue weighted by atomic mass is 16.3. The van der Waals surface area contributed by atoms with Gasteiger partial charge in [0, 0.05) is 31.6 Å². The van der Waals surface area contributed by atoms with Crippen LogP contribution in [0, 0.1) is 34.5 Å². The third-order valence-corrected chi connectivity index (χ3v) is 9.55. The largest absolute Gasteiger partial charge is 0.393 e. The van der Waals surface area contributed by atoms with Crippen LogP contribution in [0.4, 0.5) is 0 Å². The number of aliphatic hydroxyl groups is 1. The van der Waals surface area contributed by atoms with E-state index in [1.165, 1.54) is 5.57 Å². The van der Waals surface area contributed by atoms with Gasteiger partial charge < -0.3 is 15.3 Å². The second-order valence-corrected chi connectivity index (χ2v) is 11.1. The van der Waals surface area contributed by atoms with E-state index in [1.54, 1.807) is 0 Å². The minimum absolute atomic E-state index is 0.0373. The van der Waals surface area contributed by atoms with E-state index in [4.69, 9.17) is 0 Å². The molecule has 0 radical (unpaired) electrons. The average molecular weight is 401 g/mol. The second-order valence-electron chi connectivity index (χ2n) is 11.1. The van der Waals surface area contributed by atoms with Crippen molar-refractivity contribution in [1.29, 1.82) is 0 Å². The molecular formula is C24H36N2O3. The number of hydrogen-bond donors (Lipinski definition) is 2. The van der Waals surface area contributed by atoms with E-state index in [9.17, 15) is 14.7 Å². The molecule has 4 fully saturated rings. The highest BCUT2D eigenvalue weighted by Crippen LogP contribution is 2.66. The maximum absolute atomic E-state index is 13.0. The van der Waals surface area contributed by atoms with E-state index < -0.39 is 6.10 Å². The lowest BCUT2D eigenvalue weighted by molar-refractivity contribution is -0.144. The van der Waals surface area contributed by atoms with Gasteiger partial charge in [-0.25, -0.2) is 0 Å². The Morgan fingerprint density at radius 2 is 1.97 bits per heavy atom. The van der Waals surface area contributed by atoms with Crippen molar-refractivity contribution in [3.63, 3.8) is 0 Å². The summed E-state index contributed by atoms with van der Waals surface area (Å²) >= 11 is 0. The van der Waals surface area contributed by atoms with E-state index in [2.05, 4.69) is 19.2 Å². The summed E-state index contributed by atoms with van der Waals surface area (Å²) < 4.78 is 0. The minimum atomic E-state index is -0.400. The molecule has 1 heterocycles. The summed E-state index contributed by atoms with van der Waals surface area (Å²) in [7, 11) is 1.88. The van der Waals surface area contributed by atoms with Gasteiger partial charge in [0.15, 0.2) is 0 Å². The highest BCUT2D eigenvalue weighted by molar-refractivity contribution is 5.88. The van der Waals surface area contributed by atoms with Crippen molar-refractivity contribution < 1.29 is 14.7 Å². The lowest BCUT2D eigenvalue weighted by atomic mass is 9.47. The molecule has 4 aliphatic carbocycles. The molecule has 5 aliphatic rings. The Labute approximate surface area is 174 Å². The molecule has 5 rings (SSSR count). The number of rotatable bonds is 2. The van der Waals surface area contributed by atoms with E-state index in [0.29, 0.717) is 24.3 Å². The van der Waals surface area contributed by atoms with Crippen molar-refractivity contribution in [3.8, 4) is 0 Å². The maximum Gasteiger partial charge on any atom is 0.246 e. The summed E-state index contributed by atoms with van der Waals surface area (Å²) in [5.41, 5.74) is 1.03. The summed E-state index contributed by atoms with van der Waals surface area (Å²) in [6, 6.07) is 0.396. The quantitative estimate of drug-likeness (QED) is 0.749. The van der Waals surface area contributed by atoms with Crippen LogP contribution >= 0.6 is 0 Å². The number of nitrogens with one attached hydrogen (secondary N) is 1. The summed E-state index contributed by atoms with van der Waals surface area (Å²) in [4.78, 5) is 27.2. The summed E-state index contributed by atoms with van der Waals surface area (Å²) in [6.45, 7) is 5.32. The number of fused-ring (bicyclic) bond motifs is 5. The van der Waals surface area contributed by atoms with Crippen LogP contribution in [0.2, 0.25) is 0 Å². The summed E-state index contributed by atoms with van der Waals surface area (Å²) in [5, 5.41) is 14.7. The fourth-order valence-electron chi connectivity index (χ4n) is 7.77. The van der Waals surface area contributed by atoms with Crippen LogP contribution in [0.25, 0.3) is 0 Å². The van der Waals surface area contributed by atoms with E-state index in [-0.39, 0.29) is 34.5 Å². The first-order valence-electron chi connectivity index (χ1n) is 11.7. The highest BCUT2D eigenvalue weighted by Gasteiger charge is 2.63. The maximum atomic E-state index is 13.0. The third kappa shape index (κ3) is 2.90. The molecule has 160 valence electrons. The average Bonchev–Trinajstić information content (AvgIpc) is 3.41. The molecule has 0 aromatic heterocycles. The van der Waals surface area contributed by atoms with E-state index in [0.717, 1.165) is 51.5 Å². The molecule has 4 saturated carbocycles. The number of carbonyl (C=O) groups is 2. The molecule has 29 heavy (non-hydrogen) atoms. The minimum Gasteiger partial charge on any atom is -0.393 e. The van der Waals surface area contributed by atoms with Crippen molar-refractivity contribution in [3.05, 3.63) is 11.6 Å². The summed E-state index contributed by atoms with van der Waals surface area (Å²) in [5.74, 6) is 1.52. The lowest BCUT2D eigenvalue weighted by Gasteiger charge is -2.59. The SMILES string of the molecule is CN1CC[C@@]2(C)C(=CC1=O)CCC1C2[C@@H](O)C[C@@]2(C)C1CC[C@@H]2C(=O)NC1CC1. The molecule has 3 unspecified atom stereocenters. The number of hydrogen-bond acceptors (Lipinski definition) is 3. The van der Waals surface area contributed by atoms with E-state index >= 15 is 0 Å².